The number of cyclic esters (lactones) is 1. The first-order valence-corrected chi connectivity index (χ1v) is 12.1. The minimum absolute atomic E-state index is 0.0127. The van der Waals surface area contributed by atoms with Crippen LogP contribution in [-0.2, 0) is 23.9 Å². The summed E-state index contributed by atoms with van der Waals surface area (Å²) in [5.41, 5.74) is -0.112. The van der Waals surface area contributed by atoms with Crippen molar-refractivity contribution in [3.8, 4) is 0 Å². The highest BCUT2D eigenvalue weighted by molar-refractivity contribution is 6.48. The molecule has 0 aromatic carbocycles. The van der Waals surface area contributed by atoms with Gasteiger partial charge < -0.3 is 9.47 Å². The average molecular weight is 459 g/mol. The monoisotopic (exact) mass is 458 g/mol. The van der Waals surface area contributed by atoms with Crippen molar-refractivity contribution in [1.82, 2.24) is 0 Å². The first kappa shape index (κ1) is 22.1. The number of carbonyl (C=O) groups excluding carboxylic acids is 3. The minimum atomic E-state index is -1.72. The lowest BCUT2D eigenvalue weighted by Crippen LogP contribution is -2.60. The predicted octanol–water partition coefficient (Wildman–Crippen LogP) is 4.05. The van der Waals surface area contributed by atoms with Crippen LogP contribution in [0.25, 0.3) is 0 Å². The van der Waals surface area contributed by atoms with Crippen LogP contribution in [0.1, 0.15) is 40.5 Å². The minimum Gasteiger partial charge on any atom is -0.458 e. The second kappa shape index (κ2) is 7.39. The number of ketones is 2. The fraction of sp³-hybridized carbons (Fsp3) is 0.654. The van der Waals surface area contributed by atoms with E-state index in [-0.39, 0.29) is 59.4 Å². The van der Waals surface area contributed by atoms with Gasteiger partial charge in [0.2, 0.25) is 0 Å². The normalized spacial score (nSPS) is 54.2. The first-order chi connectivity index (χ1) is 15.1. The number of fused-ring (bicyclic) bond motifs is 7. The van der Waals surface area contributed by atoms with Gasteiger partial charge in [-0.2, -0.15) is 0 Å². The molecule has 5 nitrogen and oxygen atoms in total. The maximum atomic E-state index is 14.0. The Morgan fingerprint density at radius 3 is 2.41 bits per heavy atom. The molecule has 5 rings (SSSR count). The smallest absolute Gasteiger partial charge is 0.316 e. The van der Waals surface area contributed by atoms with E-state index in [0.717, 1.165) is 6.42 Å². The zero-order chi connectivity index (χ0) is 23.0. The van der Waals surface area contributed by atoms with Crippen LogP contribution in [0.5, 0.6) is 0 Å². The van der Waals surface area contributed by atoms with Gasteiger partial charge in [0, 0.05) is 5.92 Å². The van der Waals surface area contributed by atoms with E-state index in [2.05, 4.69) is 32.1 Å². The summed E-state index contributed by atoms with van der Waals surface area (Å²) >= 11 is 6.96. The van der Waals surface area contributed by atoms with Crippen molar-refractivity contribution < 1.29 is 23.9 Å². The Hall–Kier alpha value is -1.72. The summed E-state index contributed by atoms with van der Waals surface area (Å²) in [5, 5.41) is 0. The van der Waals surface area contributed by atoms with Crippen LogP contribution >= 0.6 is 11.6 Å². The SMILES string of the molecule is CC1/C=C/C=C\[C@H]2CC(Cl)(C(=O)C3C4C(C=CC32)CC2(C)OC2C4C)C(=O)[C@H](C)C(=O)O1. The predicted molar refractivity (Wildman–Crippen MR) is 120 cm³/mol. The van der Waals surface area contributed by atoms with E-state index in [9.17, 15) is 14.4 Å². The van der Waals surface area contributed by atoms with Crippen molar-refractivity contribution in [2.45, 2.75) is 63.2 Å². The zero-order valence-electron chi connectivity index (χ0n) is 19.0. The van der Waals surface area contributed by atoms with Crippen LogP contribution in [0.3, 0.4) is 0 Å². The number of ether oxygens (including phenoxy) is 2. The van der Waals surface area contributed by atoms with Gasteiger partial charge in [0.1, 0.15) is 12.0 Å². The molecule has 0 radical (unpaired) electrons. The molecule has 0 aromatic rings. The summed E-state index contributed by atoms with van der Waals surface area (Å²) in [4.78, 5) is 38.4. The molecule has 5 aliphatic rings. The molecule has 0 aromatic heterocycles. The maximum Gasteiger partial charge on any atom is 0.316 e. The van der Waals surface area contributed by atoms with E-state index < -0.39 is 28.6 Å². The number of hydrogen-bond donors (Lipinski definition) is 0. The number of esters is 1. The highest BCUT2D eigenvalue weighted by atomic mass is 35.5. The molecule has 2 bridgehead atoms. The Kier molecular flexibility index (Phi) is 5.10. The molecular weight excluding hydrogens is 428 g/mol. The second-order valence-electron chi connectivity index (χ2n) is 10.7. The summed E-state index contributed by atoms with van der Waals surface area (Å²) in [6.45, 7) is 7.55. The van der Waals surface area contributed by atoms with Gasteiger partial charge in [-0.25, -0.2) is 0 Å². The lowest BCUT2D eigenvalue weighted by molar-refractivity contribution is -0.155. The van der Waals surface area contributed by atoms with E-state index in [1.165, 1.54) is 6.92 Å². The highest BCUT2D eigenvalue weighted by Gasteiger charge is 2.67. The third-order valence-corrected chi connectivity index (χ3v) is 9.09. The standard InChI is InChI=1S/C26H31ClO5/c1-13-7-5-6-8-16-12-26(27,21(28)15(3)24(30)31-13)22(29)20-18(16)10-9-17-11-25(4)23(32-25)14(2)19(17)20/h5-10,13-20,23H,11-12H2,1-4H3/b7-5+,8-6-/t13?,14?,15-,16-,17?,18?,19?,20?,23?,25?,26?/m0/s1. The van der Waals surface area contributed by atoms with Crippen LogP contribution < -0.4 is 0 Å². The molecule has 0 N–H and O–H groups in total. The number of alkyl halides is 1. The molecule has 2 heterocycles. The second-order valence-corrected chi connectivity index (χ2v) is 11.3. The Bertz CT molecular complexity index is 952. The molecule has 0 spiro atoms. The van der Waals surface area contributed by atoms with Crippen molar-refractivity contribution in [3.63, 3.8) is 0 Å². The number of carbonyl (C=O) groups is 3. The van der Waals surface area contributed by atoms with Gasteiger partial charge in [-0.05, 0) is 69.3 Å². The topological polar surface area (TPSA) is 73.0 Å². The van der Waals surface area contributed by atoms with Gasteiger partial charge in [0.05, 0.1) is 11.7 Å². The lowest BCUT2D eigenvalue weighted by Gasteiger charge is -2.51. The number of halogens is 1. The Balaban J connectivity index is 1.59. The molecule has 6 heteroatoms. The molecule has 2 aliphatic heterocycles. The lowest BCUT2D eigenvalue weighted by atomic mass is 9.51. The molecule has 0 amide bonds. The first-order valence-electron chi connectivity index (χ1n) is 11.8. The number of epoxide rings is 1. The van der Waals surface area contributed by atoms with E-state index in [1.807, 2.05) is 12.2 Å². The number of Topliss-reactive ketones (excluding diaryl/α,β-unsaturated/α-hetero) is 2. The summed E-state index contributed by atoms with van der Waals surface area (Å²) in [5.74, 6) is -2.46. The summed E-state index contributed by atoms with van der Waals surface area (Å²) in [6.07, 6.45) is 12.8. The summed E-state index contributed by atoms with van der Waals surface area (Å²) in [6, 6.07) is 0. The van der Waals surface area contributed by atoms with E-state index in [0.29, 0.717) is 0 Å². The molecule has 2 saturated carbocycles. The van der Waals surface area contributed by atoms with Gasteiger partial charge >= 0.3 is 5.97 Å². The fourth-order valence-corrected chi connectivity index (χ4v) is 7.39. The molecule has 9 unspecified atom stereocenters. The highest BCUT2D eigenvalue weighted by Crippen LogP contribution is 2.61. The Morgan fingerprint density at radius 2 is 1.66 bits per heavy atom. The molecule has 3 aliphatic carbocycles. The van der Waals surface area contributed by atoms with Crippen LogP contribution in [0.4, 0.5) is 0 Å². The zero-order valence-corrected chi connectivity index (χ0v) is 19.7. The molecule has 3 fully saturated rings. The van der Waals surface area contributed by atoms with Crippen LogP contribution in [0, 0.1) is 41.4 Å². The van der Waals surface area contributed by atoms with Gasteiger partial charge in [-0.3, -0.25) is 14.4 Å². The van der Waals surface area contributed by atoms with E-state index in [1.54, 1.807) is 13.0 Å². The van der Waals surface area contributed by atoms with Crippen molar-refractivity contribution in [2.24, 2.45) is 41.4 Å². The van der Waals surface area contributed by atoms with Crippen molar-refractivity contribution in [2.75, 3.05) is 0 Å². The van der Waals surface area contributed by atoms with Gasteiger partial charge in [-0.1, -0.05) is 37.3 Å². The van der Waals surface area contributed by atoms with Crippen LogP contribution in [0.15, 0.2) is 36.5 Å². The van der Waals surface area contributed by atoms with Crippen LogP contribution in [-0.4, -0.2) is 40.2 Å². The average Bonchev–Trinajstić information content (AvgIpc) is 3.44. The molecule has 172 valence electrons. The van der Waals surface area contributed by atoms with Crippen molar-refractivity contribution in [3.05, 3.63) is 36.5 Å². The number of hydrogen-bond acceptors (Lipinski definition) is 5. The number of allylic oxidation sites excluding steroid dienone is 5. The fourth-order valence-electron chi connectivity index (χ4n) is 6.92. The molecule has 32 heavy (non-hydrogen) atoms. The van der Waals surface area contributed by atoms with Gasteiger partial charge in [0.15, 0.2) is 16.4 Å². The third-order valence-electron chi connectivity index (χ3n) is 8.57. The Morgan fingerprint density at radius 1 is 0.938 bits per heavy atom. The van der Waals surface area contributed by atoms with Crippen molar-refractivity contribution >= 4 is 29.1 Å². The quantitative estimate of drug-likeness (QED) is 0.180. The largest absolute Gasteiger partial charge is 0.458 e. The summed E-state index contributed by atoms with van der Waals surface area (Å²) in [7, 11) is 0. The van der Waals surface area contributed by atoms with Crippen LogP contribution in [0.2, 0.25) is 0 Å². The van der Waals surface area contributed by atoms with E-state index in [4.69, 9.17) is 21.1 Å². The van der Waals surface area contributed by atoms with Gasteiger partial charge in [-0.15, -0.1) is 11.6 Å². The molecule has 11 atom stereocenters. The summed E-state index contributed by atoms with van der Waals surface area (Å²) < 4.78 is 11.4. The van der Waals surface area contributed by atoms with Gasteiger partial charge in [0.25, 0.3) is 0 Å². The Labute approximate surface area is 194 Å². The third kappa shape index (κ3) is 3.19. The van der Waals surface area contributed by atoms with E-state index >= 15 is 0 Å². The molecule has 1 saturated heterocycles. The maximum absolute atomic E-state index is 14.0. The molecular formula is C26H31ClO5. The van der Waals surface area contributed by atoms with Crippen molar-refractivity contribution in [1.29, 1.82) is 0 Å². The number of rotatable bonds is 0.